The zero-order valence-corrected chi connectivity index (χ0v) is 12.8. The molecule has 1 N–H and O–H groups in total. The molecule has 0 radical (unpaired) electrons. The number of nitrogens with one attached hydrogen (secondary N) is 1. The van der Waals surface area contributed by atoms with Crippen LogP contribution in [-0.2, 0) is 0 Å². The molecule has 1 atom stereocenters. The number of hydrogen-bond donors (Lipinski definition) is 1. The highest BCUT2D eigenvalue weighted by molar-refractivity contribution is 9.10. The predicted molar refractivity (Wildman–Crippen MR) is 78.9 cm³/mol. The Kier molecular flexibility index (Phi) is 6.36. The van der Waals surface area contributed by atoms with E-state index in [2.05, 4.69) is 46.9 Å². The minimum atomic E-state index is -0.0264. The van der Waals surface area contributed by atoms with Crippen LogP contribution in [0.2, 0.25) is 0 Å². The number of likely N-dealkylation sites (N-methyl/N-ethyl adjacent to an activating group) is 1. The van der Waals surface area contributed by atoms with Crippen molar-refractivity contribution in [2.45, 2.75) is 26.8 Å². The molecule has 1 aromatic rings. The number of benzene rings is 1. The van der Waals surface area contributed by atoms with Crippen molar-refractivity contribution in [3.05, 3.63) is 34.3 Å². The number of carbonyl (C=O) groups is 1. The van der Waals surface area contributed by atoms with E-state index in [9.17, 15) is 4.79 Å². The lowest BCUT2D eigenvalue weighted by Crippen LogP contribution is -2.42. The quantitative estimate of drug-likeness (QED) is 0.876. The first-order chi connectivity index (χ1) is 8.60. The van der Waals surface area contributed by atoms with Crippen LogP contribution in [0.25, 0.3) is 0 Å². The summed E-state index contributed by atoms with van der Waals surface area (Å²) < 4.78 is 0.831. The molecule has 4 heteroatoms. The summed E-state index contributed by atoms with van der Waals surface area (Å²) in [6.07, 6.45) is 0. The van der Waals surface area contributed by atoms with Crippen molar-refractivity contribution in [1.82, 2.24) is 10.2 Å². The van der Waals surface area contributed by atoms with Gasteiger partial charge in [0.15, 0.2) is 0 Å². The minimum absolute atomic E-state index is 0.0264. The molecule has 0 aromatic heterocycles. The smallest absolute Gasteiger partial charge is 0.252 e. The number of carbonyl (C=O) groups excluding carboxylic acids is 1. The van der Waals surface area contributed by atoms with E-state index >= 15 is 0 Å². The van der Waals surface area contributed by atoms with Crippen molar-refractivity contribution in [3.8, 4) is 0 Å². The number of hydrogen-bond acceptors (Lipinski definition) is 2. The molecule has 100 valence electrons. The van der Waals surface area contributed by atoms with Crippen molar-refractivity contribution in [2.24, 2.45) is 0 Å². The van der Waals surface area contributed by atoms with Gasteiger partial charge >= 0.3 is 0 Å². The van der Waals surface area contributed by atoms with E-state index in [-0.39, 0.29) is 5.91 Å². The van der Waals surface area contributed by atoms with Gasteiger partial charge in [0.25, 0.3) is 5.91 Å². The first-order valence-electron chi connectivity index (χ1n) is 6.36. The van der Waals surface area contributed by atoms with Gasteiger partial charge in [0.05, 0.1) is 5.56 Å². The maximum atomic E-state index is 12.0. The SMILES string of the molecule is CCN(CC)C(C)CNC(=O)c1ccccc1Br. The Hall–Kier alpha value is -0.870. The molecule has 0 fully saturated rings. The third kappa shape index (κ3) is 4.10. The van der Waals surface area contributed by atoms with Crippen LogP contribution in [-0.4, -0.2) is 36.5 Å². The molecule has 0 aliphatic heterocycles. The van der Waals surface area contributed by atoms with Crippen molar-refractivity contribution in [3.63, 3.8) is 0 Å². The van der Waals surface area contributed by atoms with Crippen molar-refractivity contribution in [1.29, 1.82) is 0 Å². The monoisotopic (exact) mass is 312 g/mol. The summed E-state index contributed by atoms with van der Waals surface area (Å²) in [6.45, 7) is 9.07. The first kappa shape index (κ1) is 15.2. The lowest BCUT2D eigenvalue weighted by molar-refractivity contribution is 0.0937. The lowest BCUT2D eigenvalue weighted by atomic mass is 10.2. The standard InChI is InChI=1S/C14H21BrN2O/c1-4-17(5-2)11(3)10-16-14(18)12-8-6-7-9-13(12)15/h6-9,11H,4-5,10H2,1-3H3,(H,16,18). The fraction of sp³-hybridized carbons (Fsp3) is 0.500. The number of rotatable bonds is 6. The zero-order chi connectivity index (χ0) is 13.5. The fourth-order valence-electron chi connectivity index (χ4n) is 1.96. The summed E-state index contributed by atoms with van der Waals surface area (Å²) in [5, 5.41) is 2.98. The van der Waals surface area contributed by atoms with Crippen LogP contribution in [0.15, 0.2) is 28.7 Å². The normalized spacial score (nSPS) is 12.5. The van der Waals surface area contributed by atoms with Gasteiger partial charge in [0, 0.05) is 17.1 Å². The Morgan fingerprint density at radius 2 is 1.94 bits per heavy atom. The van der Waals surface area contributed by atoms with E-state index in [0.717, 1.165) is 17.6 Å². The molecule has 1 rings (SSSR count). The number of halogens is 1. The molecule has 1 aromatic carbocycles. The average Bonchev–Trinajstić information content (AvgIpc) is 2.38. The van der Waals surface area contributed by atoms with Crippen molar-refractivity contribution < 1.29 is 4.79 Å². The molecule has 0 aliphatic rings. The first-order valence-corrected chi connectivity index (χ1v) is 7.16. The summed E-state index contributed by atoms with van der Waals surface area (Å²) in [5.41, 5.74) is 0.684. The maximum Gasteiger partial charge on any atom is 0.252 e. The predicted octanol–water partition coefficient (Wildman–Crippen LogP) is 2.91. The van der Waals surface area contributed by atoms with E-state index in [1.165, 1.54) is 0 Å². The topological polar surface area (TPSA) is 32.3 Å². The highest BCUT2D eigenvalue weighted by atomic mass is 79.9. The zero-order valence-electron chi connectivity index (χ0n) is 11.2. The van der Waals surface area contributed by atoms with Crippen LogP contribution >= 0.6 is 15.9 Å². The van der Waals surface area contributed by atoms with Crippen LogP contribution in [0.4, 0.5) is 0 Å². The van der Waals surface area contributed by atoms with Gasteiger partial charge < -0.3 is 5.32 Å². The van der Waals surface area contributed by atoms with E-state index in [4.69, 9.17) is 0 Å². The Labute approximate surface area is 118 Å². The Balaban J connectivity index is 2.54. The van der Waals surface area contributed by atoms with Gasteiger partial charge in [-0.1, -0.05) is 26.0 Å². The molecule has 1 unspecified atom stereocenters. The molecule has 0 saturated heterocycles. The second-order valence-electron chi connectivity index (χ2n) is 4.26. The van der Waals surface area contributed by atoms with E-state index in [1.54, 1.807) is 0 Å². The van der Waals surface area contributed by atoms with Gasteiger partial charge in [-0.15, -0.1) is 0 Å². The maximum absolute atomic E-state index is 12.0. The van der Waals surface area contributed by atoms with Gasteiger partial charge in [-0.2, -0.15) is 0 Å². The summed E-state index contributed by atoms with van der Waals surface area (Å²) in [6, 6.07) is 7.82. The highest BCUT2D eigenvalue weighted by Gasteiger charge is 2.13. The third-order valence-electron chi connectivity index (χ3n) is 3.11. The van der Waals surface area contributed by atoms with Gasteiger partial charge in [-0.3, -0.25) is 9.69 Å². The lowest BCUT2D eigenvalue weighted by Gasteiger charge is -2.26. The highest BCUT2D eigenvalue weighted by Crippen LogP contribution is 2.15. The summed E-state index contributed by atoms with van der Waals surface area (Å²) in [4.78, 5) is 14.3. The van der Waals surface area contributed by atoms with Crippen LogP contribution in [0, 0.1) is 0 Å². The Morgan fingerprint density at radius 3 is 2.50 bits per heavy atom. The van der Waals surface area contributed by atoms with Gasteiger partial charge in [0.2, 0.25) is 0 Å². The van der Waals surface area contributed by atoms with Crippen molar-refractivity contribution >= 4 is 21.8 Å². The van der Waals surface area contributed by atoms with Gasteiger partial charge in [0.1, 0.15) is 0 Å². The van der Waals surface area contributed by atoms with Crippen LogP contribution in [0.3, 0.4) is 0 Å². The van der Waals surface area contributed by atoms with E-state index in [0.29, 0.717) is 18.2 Å². The summed E-state index contributed by atoms with van der Waals surface area (Å²) in [5.74, 6) is -0.0264. The molecular weight excluding hydrogens is 292 g/mol. The Morgan fingerprint density at radius 1 is 1.33 bits per heavy atom. The van der Waals surface area contributed by atoms with Crippen molar-refractivity contribution in [2.75, 3.05) is 19.6 Å². The fourth-order valence-corrected chi connectivity index (χ4v) is 2.42. The van der Waals surface area contributed by atoms with Crippen LogP contribution in [0.5, 0.6) is 0 Å². The molecule has 0 spiro atoms. The summed E-state index contributed by atoms with van der Waals surface area (Å²) in [7, 11) is 0. The largest absolute Gasteiger partial charge is 0.350 e. The number of amides is 1. The van der Waals surface area contributed by atoms with E-state index < -0.39 is 0 Å². The summed E-state index contributed by atoms with van der Waals surface area (Å²) >= 11 is 3.39. The molecule has 0 saturated carbocycles. The number of nitrogens with zero attached hydrogens (tertiary/aromatic N) is 1. The molecular formula is C14H21BrN2O. The molecule has 0 heterocycles. The van der Waals surface area contributed by atoms with Gasteiger partial charge in [-0.25, -0.2) is 0 Å². The minimum Gasteiger partial charge on any atom is -0.350 e. The third-order valence-corrected chi connectivity index (χ3v) is 3.80. The second-order valence-corrected chi connectivity index (χ2v) is 5.11. The molecule has 1 amide bonds. The second kappa shape index (κ2) is 7.54. The Bertz CT molecular complexity index is 391. The molecule has 0 bridgehead atoms. The van der Waals surface area contributed by atoms with Crippen LogP contribution < -0.4 is 5.32 Å². The molecule has 18 heavy (non-hydrogen) atoms. The average molecular weight is 313 g/mol. The molecule has 0 aliphatic carbocycles. The molecule has 3 nitrogen and oxygen atoms in total. The van der Waals surface area contributed by atoms with E-state index in [1.807, 2.05) is 24.3 Å². The van der Waals surface area contributed by atoms with Crippen LogP contribution in [0.1, 0.15) is 31.1 Å². The van der Waals surface area contributed by atoms with Gasteiger partial charge in [-0.05, 0) is 48.1 Å².